The van der Waals surface area contributed by atoms with Crippen LogP contribution in [0.2, 0.25) is 0 Å². The number of imide groups is 1. The van der Waals surface area contributed by atoms with Crippen LogP contribution in [0.3, 0.4) is 0 Å². The molecular formula is C20H20N4O3S. The van der Waals surface area contributed by atoms with E-state index in [1.54, 1.807) is 37.5 Å². The molecule has 1 aromatic heterocycles. The molecule has 0 atom stereocenters. The van der Waals surface area contributed by atoms with Gasteiger partial charge in [-0.25, -0.2) is 9.78 Å². The number of urea groups is 1. The molecule has 0 radical (unpaired) electrons. The number of methoxy groups -OCH3 is 1. The van der Waals surface area contributed by atoms with Gasteiger partial charge in [0.15, 0.2) is 5.16 Å². The topological polar surface area (TPSA) is 85.2 Å². The van der Waals surface area contributed by atoms with Crippen molar-refractivity contribution in [2.24, 2.45) is 0 Å². The highest BCUT2D eigenvalue weighted by molar-refractivity contribution is 7.99. The number of hydrogen-bond donors (Lipinski definition) is 2. The lowest BCUT2D eigenvalue weighted by Gasteiger charge is -2.08. The smallest absolute Gasteiger partial charge is 0.325 e. The summed E-state index contributed by atoms with van der Waals surface area (Å²) in [7, 11) is 1.56. The van der Waals surface area contributed by atoms with E-state index in [0.29, 0.717) is 23.1 Å². The molecule has 2 N–H and O–H groups in total. The van der Waals surface area contributed by atoms with Crippen molar-refractivity contribution >= 4 is 40.4 Å². The van der Waals surface area contributed by atoms with Gasteiger partial charge in [-0.3, -0.25) is 10.1 Å². The number of ether oxygens (including phenoxy) is 1. The van der Waals surface area contributed by atoms with Gasteiger partial charge in [-0.15, -0.1) is 6.58 Å². The second-order valence-corrected chi connectivity index (χ2v) is 6.74. The predicted molar refractivity (Wildman–Crippen MR) is 111 cm³/mol. The van der Waals surface area contributed by atoms with Crippen molar-refractivity contribution in [3.05, 3.63) is 61.2 Å². The van der Waals surface area contributed by atoms with Crippen molar-refractivity contribution in [2.75, 3.05) is 18.2 Å². The molecule has 8 heteroatoms. The minimum absolute atomic E-state index is 0.0660. The number of carbonyl (C=O) groups is 2. The molecule has 0 aliphatic heterocycles. The first-order valence-electron chi connectivity index (χ1n) is 8.54. The number of thioether (sulfide) groups is 1. The third-order valence-corrected chi connectivity index (χ3v) is 4.84. The Morgan fingerprint density at radius 1 is 1.21 bits per heavy atom. The molecule has 7 nitrogen and oxygen atoms in total. The van der Waals surface area contributed by atoms with Crippen LogP contribution in [0.1, 0.15) is 0 Å². The Balaban J connectivity index is 1.57. The SMILES string of the molecule is C=CCn1c(SCC(=O)NC(=O)Nc2ccc(OC)cc2)nc2ccccc21. The highest BCUT2D eigenvalue weighted by atomic mass is 32.2. The zero-order valence-electron chi connectivity index (χ0n) is 15.3. The first-order chi connectivity index (χ1) is 13.6. The molecule has 0 aliphatic rings. The summed E-state index contributed by atoms with van der Waals surface area (Å²) in [6.45, 7) is 4.36. The molecule has 3 amide bonds. The Hall–Kier alpha value is -3.26. The monoisotopic (exact) mass is 396 g/mol. The fourth-order valence-corrected chi connectivity index (χ4v) is 3.42. The zero-order chi connectivity index (χ0) is 19.9. The Morgan fingerprint density at radius 2 is 1.96 bits per heavy atom. The second kappa shape index (κ2) is 9.09. The number of amides is 3. The van der Waals surface area contributed by atoms with Gasteiger partial charge in [-0.1, -0.05) is 30.0 Å². The van der Waals surface area contributed by atoms with Crippen LogP contribution in [0, 0.1) is 0 Å². The van der Waals surface area contributed by atoms with Gasteiger partial charge < -0.3 is 14.6 Å². The molecule has 3 rings (SSSR count). The molecule has 0 unspecified atom stereocenters. The van der Waals surface area contributed by atoms with Gasteiger partial charge in [-0.05, 0) is 36.4 Å². The van der Waals surface area contributed by atoms with Gasteiger partial charge in [0.1, 0.15) is 5.75 Å². The molecule has 0 aliphatic carbocycles. The van der Waals surface area contributed by atoms with Gasteiger partial charge >= 0.3 is 6.03 Å². The second-order valence-electron chi connectivity index (χ2n) is 5.80. The van der Waals surface area contributed by atoms with Gasteiger partial charge in [-0.2, -0.15) is 0 Å². The molecule has 2 aromatic carbocycles. The maximum Gasteiger partial charge on any atom is 0.325 e. The normalized spacial score (nSPS) is 10.5. The molecule has 28 heavy (non-hydrogen) atoms. The van der Waals surface area contributed by atoms with Gasteiger partial charge in [0.2, 0.25) is 5.91 Å². The van der Waals surface area contributed by atoms with E-state index < -0.39 is 11.9 Å². The number of para-hydroxylation sites is 2. The molecular weight excluding hydrogens is 376 g/mol. The number of imidazole rings is 1. The van der Waals surface area contributed by atoms with Crippen LogP contribution in [0.15, 0.2) is 66.3 Å². The minimum atomic E-state index is -0.588. The average molecular weight is 396 g/mol. The Kier molecular flexibility index (Phi) is 6.33. The average Bonchev–Trinajstić information content (AvgIpc) is 3.05. The van der Waals surface area contributed by atoms with Crippen LogP contribution < -0.4 is 15.4 Å². The Labute approximate surface area is 166 Å². The summed E-state index contributed by atoms with van der Waals surface area (Å²) in [5.41, 5.74) is 2.39. The first-order valence-corrected chi connectivity index (χ1v) is 9.53. The molecule has 0 saturated carbocycles. The van der Waals surface area contributed by atoms with Gasteiger partial charge in [0, 0.05) is 12.2 Å². The molecule has 0 bridgehead atoms. The number of nitrogens with zero attached hydrogens (tertiary/aromatic N) is 2. The quantitative estimate of drug-likeness (QED) is 0.470. The molecule has 1 heterocycles. The zero-order valence-corrected chi connectivity index (χ0v) is 16.2. The van der Waals surface area contributed by atoms with Crippen molar-refractivity contribution in [1.29, 1.82) is 0 Å². The number of allylic oxidation sites excluding steroid dienone is 1. The standard InChI is InChI=1S/C20H20N4O3S/c1-3-12-24-17-7-5-4-6-16(17)22-20(24)28-13-18(25)23-19(26)21-14-8-10-15(27-2)11-9-14/h3-11H,1,12-13H2,2H3,(H2,21,23,25,26). The third kappa shape index (κ3) is 4.72. The van der Waals surface area contributed by atoms with Crippen molar-refractivity contribution in [2.45, 2.75) is 11.7 Å². The number of anilines is 1. The minimum Gasteiger partial charge on any atom is -0.497 e. The van der Waals surface area contributed by atoms with Crippen molar-refractivity contribution < 1.29 is 14.3 Å². The molecule has 0 saturated heterocycles. The summed E-state index contributed by atoms with van der Waals surface area (Å²) >= 11 is 1.27. The predicted octanol–water partition coefficient (Wildman–Crippen LogP) is 3.67. The summed E-state index contributed by atoms with van der Waals surface area (Å²) in [6, 6.07) is 14.0. The largest absolute Gasteiger partial charge is 0.497 e. The highest BCUT2D eigenvalue weighted by Crippen LogP contribution is 2.24. The van der Waals surface area contributed by atoms with Crippen LogP contribution in [0.4, 0.5) is 10.5 Å². The lowest BCUT2D eigenvalue weighted by atomic mass is 10.3. The Bertz CT molecular complexity index is 998. The van der Waals surface area contributed by atoms with E-state index in [-0.39, 0.29) is 5.75 Å². The Morgan fingerprint density at radius 3 is 2.68 bits per heavy atom. The molecule has 144 valence electrons. The van der Waals surface area contributed by atoms with Crippen LogP contribution in [-0.4, -0.2) is 34.4 Å². The lowest BCUT2D eigenvalue weighted by Crippen LogP contribution is -2.35. The van der Waals surface area contributed by atoms with E-state index in [1.807, 2.05) is 28.8 Å². The van der Waals surface area contributed by atoms with E-state index in [4.69, 9.17) is 4.74 Å². The maximum absolute atomic E-state index is 12.1. The van der Waals surface area contributed by atoms with E-state index in [1.165, 1.54) is 11.8 Å². The number of rotatable bonds is 7. The number of hydrogen-bond acceptors (Lipinski definition) is 5. The summed E-state index contributed by atoms with van der Waals surface area (Å²) in [4.78, 5) is 28.7. The number of carbonyl (C=O) groups excluding carboxylic acids is 2. The third-order valence-electron chi connectivity index (χ3n) is 3.86. The van der Waals surface area contributed by atoms with Crippen molar-refractivity contribution in [3.63, 3.8) is 0 Å². The van der Waals surface area contributed by atoms with Crippen LogP contribution in [0.25, 0.3) is 11.0 Å². The van der Waals surface area contributed by atoms with Crippen LogP contribution in [-0.2, 0) is 11.3 Å². The molecule has 0 fully saturated rings. The number of fused-ring (bicyclic) bond motifs is 1. The van der Waals surface area contributed by atoms with Crippen LogP contribution in [0.5, 0.6) is 5.75 Å². The fourth-order valence-electron chi connectivity index (χ4n) is 2.60. The molecule has 0 spiro atoms. The van der Waals surface area contributed by atoms with E-state index in [2.05, 4.69) is 22.2 Å². The van der Waals surface area contributed by atoms with E-state index in [9.17, 15) is 9.59 Å². The number of aromatic nitrogens is 2. The van der Waals surface area contributed by atoms with Crippen molar-refractivity contribution in [3.8, 4) is 5.75 Å². The summed E-state index contributed by atoms with van der Waals surface area (Å²) in [5.74, 6) is 0.338. The van der Waals surface area contributed by atoms with Crippen LogP contribution >= 0.6 is 11.8 Å². The van der Waals surface area contributed by atoms with Gasteiger partial charge in [0.05, 0.1) is 23.9 Å². The maximum atomic E-state index is 12.1. The van der Waals surface area contributed by atoms with E-state index >= 15 is 0 Å². The lowest BCUT2D eigenvalue weighted by molar-refractivity contribution is -0.117. The number of nitrogens with one attached hydrogen (secondary N) is 2. The number of benzene rings is 2. The molecule has 3 aromatic rings. The summed E-state index contributed by atoms with van der Waals surface area (Å²) in [6.07, 6.45) is 1.78. The fraction of sp³-hybridized carbons (Fsp3) is 0.150. The summed E-state index contributed by atoms with van der Waals surface area (Å²) < 4.78 is 7.05. The van der Waals surface area contributed by atoms with E-state index in [0.717, 1.165) is 11.0 Å². The van der Waals surface area contributed by atoms with Crippen molar-refractivity contribution in [1.82, 2.24) is 14.9 Å². The highest BCUT2D eigenvalue weighted by Gasteiger charge is 2.13. The van der Waals surface area contributed by atoms with Gasteiger partial charge in [0.25, 0.3) is 0 Å². The first kappa shape index (κ1) is 19.5. The summed E-state index contributed by atoms with van der Waals surface area (Å²) in [5, 5.41) is 5.62.